The molecule has 0 aromatic carbocycles. The van der Waals surface area contributed by atoms with Gasteiger partial charge in [0.1, 0.15) is 0 Å². The van der Waals surface area contributed by atoms with Gasteiger partial charge in [0.15, 0.2) is 0 Å². The van der Waals surface area contributed by atoms with Crippen LogP contribution in [0.5, 0.6) is 0 Å². The number of alkyl halides is 2. The Balaban J connectivity index is 0.000000424. The third-order valence-corrected chi connectivity index (χ3v) is 1.85. The first-order chi connectivity index (χ1) is 6.20. The summed E-state index contributed by atoms with van der Waals surface area (Å²) in [6, 6.07) is 0. The Morgan fingerprint density at radius 2 is 1.77 bits per heavy atom. The summed E-state index contributed by atoms with van der Waals surface area (Å²) < 4.78 is 27.6. The summed E-state index contributed by atoms with van der Waals surface area (Å²) in [5, 5.41) is 6.89. The second-order valence-electron chi connectivity index (χ2n) is 2.76. The molecule has 0 saturated heterocycles. The number of carbonyl (C=O) groups is 1. The third-order valence-electron chi connectivity index (χ3n) is 1.85. The second-order valence-corrected chi connectivity index (χ2v) is 2.76. The molecule has 78 valence electrons. The molecule has 1 fully saturated rings. The van der Waals surface area contributed by atoms with E-state index in [-0.39, 0.29) is 12.6 Å². The van der Waals surface area contributed by atoms with Crippen LogP contribution in [0.25, 0.3) is 0 Å². The highest BCUT2D eigenvalue weighted by molar-refractivity contribution is 5.32. The lowest BCUT2D eigenvalue weighted by Gasteiger charge is -2.20. The van der Waals surface area contributed by atoms with E-state index in [0.717, 1.165) is 25.7 Å². The number of hydrogen-bond acceptors (Lipinski definition) is 2. The molecule has 0 unspecified atom stereocenters. The van der Waals surface area contributed by atoms with Crippen LogP contribution in [0.1, 0.15) is 32.1 Å². The van der Waals surface area contributed by atoms with Gasteiger partial charge in [-0.25, -0.2) is 0 Å². The number of hydrogen-bond donors (Lipinski definition) is 1. The van der Waals surface area contributed by atoms with Gasteiger partial charge in [-0.3, -0.25) is 4.79 Å². The van der Waals surface area contributed by atoms with Crippen molar-refractivity contribution in [3.63, 3.8) is 0 Å². The average Bonchev–Trinajstić information content (AvgIpc) is 2.06. The fraction of sp³-hybridized carbons (Fsp3) is 0.875. The van der Waals surface area contributed by atoms with E-state index in [1.807, 2.05) is 0 Å². The highest BCUT2D eigenvalue weighted by Gasteiger charge is 2.17. The molecule has 0 aromatic rings. The zero-order chi connectivity index (χ0) is 10.1. The van der Waals surface area contributed by atoms with Crippen LogP contribution in [0.4, 0.5) is 8.78 Å². The molecule has 5 heteroatoms. The van der Waals surface area contributed by atoms with Gasteiger partial charge in [-0.2, -0.15) is 8.78 Å². The first kappa shape index (κ1) is 12.3. The standard InChI is InChI=1S/C7H12F2O.CH2O2/c8-7(9)10-6-4-2-1-3-5-6;2-1-3/h6-7H,1-5H2;1H,(H,2,3). The van der Waals surface area contributed by atoms with Crippen molar-refractivity contribution in [3.8, 4) is 0 Å². The molecule has 0 bridgehead atoms. The van der Waals surface area contributed by atoms with Crippen LogP contribution in [0.2, 0.25) is 0 Å². The molecular weight excluding hydrogens is 182 g/mol. The average molecular weight is 196 g/mol. The molecule has 1 rings (SSSR count). The predicted octanol–water partition coefficient (Wildman–Crippen LogP) is 2.26. The van der Waals surface area contributed by atoms with E-state index in [0.29, 0.717) is 0 Å². The van der Waals surface area contributed by atoms with E-state index in [1.165, 1.54) is 6.42 Å². The van der Waals surface area contributed by atoms with Crippen molar-refractivity contribution < 1.29 is 23.4 Å². The molecule has 1 aliphatic carbocycles. The van der Waals surface area contributed by atoms with Crippen LogP contribution in [0.3, 0.4) is 0 Å². The molecule has 0 spiro atoms. The molecule has 1 N–H and O–H groups in total. The van der Waals surface area contributed by atoms with E-state index in [9.17, 15) is 8.78 Å². The molecule has 1 aliphatic rings. The molecule has 0 amide bonds. The SMILES string of the molecule is FC(F)OC1CCCCC1.O=CO. The maximum absolute atomic E-state index is 11.6. The smallest absolute Gasteiger partial charge is 0.345 e. The molecular formula is C8H14F2O3. The van der Waals surface area contributed by atoms with Gasteiger partial charge >= 0.3 is 6.61 Å². The maximum atomic E-state index is 11.6. The Kier molecular flexibility index (Phi) is 7.48. The lowest BCUT2D eigenvalue weighted by molar-refractivity contribution is -0.169. The van der Waals surface area contributed by atoms with E-state index in [1.54, 1.807) is 0 Å². The van der Waals surface area contributed by atoms with Gasteiger partial charge in [-0.15, -0.1) is 0 Å². The highest BCUT2D eigenvalue weighted by Crippen LogP contribution is 2.21. The summed E-state index contributed by atoms with van der Waals surface area (Å²) in [7, 11) is 0. The first-order valence-corrected chi connectivity index (χ1v) is 4.22. The van der Waals surface area contributed by atoms with E-state index >= 15 is 0 Å². The van der Waals surface area contributed by atoms with Crippen molar-refractivity contribution in [2.24, 2.45) is 0 Å². The van der Waals surface area contributed by atoms with Crippen LogP contribution in [-0.4, -0.2) is 24.3 Å². The van der Waals surface area contributed by atoms with E-state index in [4.69, 9.17) is 9.90 Å². The Labute approximate surface area is 75.7 Å². The topological polar surface area (TPSA) is 46.5 Å². The molecule has 13 heavy (non-hydrogen) atoms. The summed E-state index contributed by atoms with van der Waals surface area (Å²) in [6.45, 7) is -2.83. The Morgan fingerprint density at radius 3 is 2.15 bits per heavy atom. The van der Waals surface area contributed by atoms with Gasteiger partial charge in [0, 0.05) is 0 Å². The van der Waals surface area contributed by atoms with Crippen LogP contribution in [0.15, 0.2) is 0 Å². The van der Waals surface area contributed by atoms with Gasteiger partial charge in [0.25, 0.3) is 6.47 Å². The van der Waals surface area contributed by atoms with Crippen molar-refractivity contribution in [3.05, 3.63) is 0 Å². The van der Waals surface area contributed by atoms with Crippen molar-refractivity contribution in [2.45, 2.75) is 44.8 Å². The fourth-order valence-corrected chi connectivity index (χ4v) is 1.35. The summed E-state index contributed by atoms with van der Waals surface area (Å²) in [4.78, 5) is 8.36. The van der Waals surface area contributed by atoms with Crippen LogP contribution < -0.4 is 0 Å². The molecule has 0 heterocycles. The predicted molar refractivity (Wildman–Crippen MR) is 42.7 cm³/mol. The minimum atomic E-state index is -2.58. The number of carboxylic acid groups (broad SMARTS) is 1. The molecule has 3 nitrogen and oxygen atoms in total. The van der Waals surface area contributed by atoms with Crippen molar-refractivity contribution >= 4 is 6.47 Å². The zero-order valence-corrected chi connectivity index (χ0v) is 7.29. The number of halogens is 2. The largest absolute Gasteiger partial charge is 0.483 e. The molecule has 0 aromatic heterocycles. The van der Waals surface area contributed by atoms with Gasteiger partial charge in [-0.05, 0) is 12.8 Å². The Hall–Kier alpha value is -0.710. The Bertz CT molecular complexity index is 125. The molecule has 0 aliphatic heterocycles. The van der Waals surface area contributed by atoms with E-state index in [2.05, 4.69) is 4.74 Å². The van der Waals surface area contributed by atoms with Crippen LogP contribution >= 0.6 is 0 Å². The summed E-state index contributed by atoms with van der Waals surface area (Å²) in [6.07, 6.45) is 4.70. The number of ether oxygens (including phenoxy) is 1. The third kappa shape index (κ3) is 7.64. The highest BCUT2D eigenvalue weighted by atomic mass is 19.3. The normalized spacial score (nSPS) is 17.8. The minimum Gasteiger partial charge on any atom is -0.483 e. The maximum Gasteiger partial charge on any atom is 0.345 e. The van der Waals surface area contributed by atoms with Gasteiger partial charge < -0.3 is 9.84 Å². The van der Waals surface area contributed by atoms with E-state index < -0.39 is 6.61 Å². The summed E-state index contributed by atoms with van der Waals surface area (Å²) in [5.41, 5.74) is 0. The number of rotatable bonds is 2. The Morgan fingerprint density at radius 1 is 1.31 bits per heavy atom. The lowest BCUT2D eigenvalue weighted by atomic mass is 9.98. The summed E-state index contributed by atoms with van der Waals surface area (Å²) >= 11 is 0. The van der Waals surface area contributed by atoms with Crippen molar-refractivity contribution in [1.82, 2.24) is 0 Å². The monoisotopic (exact) mass is 196 g/mol. The van der Waals surface area contributed by atoms with Gasteiger partial charge in [0.2, 0.25) is 0 Å². The van der Waals surface area contributed by atoms with Crippen molar-refractivity contribution in [1.29, 1.82) is 0 Å². The lowest BCUT2D eigenvalue weighted by Crippen LogP contribution is -2.19. The zero-order valence-electron chi connectivity index (χ0n) is 7.29. The van der Waals surface area contributed by atoms with Gasteiger partial charge in [-0.1, -0.05) is 19.3 Å². The first-order valence-electron chi connectivity index (χ1n) is 4.22. The molecule has 1 saturated carbocycles. The minimum absolute atomic E-state index is 0.172. The van der Waals surface area contributed by atoms with Crippen molar-refractivity contribution in [2.75, 3.05) is 0 Å². The molecule has 0 radical (unpaired) electrons. The van der Waals surface area contributed by atoms with Crippen LogP contribution in [0, 0.1) is 0 Å². The summed E-state index contributed by atoms with van der Waals surface area (Å²) in [5.74, 6) is 0. The quantitative estimate of drug-likeness (QED) is 0.689. The van der Waals surface area contributed by atoms with Gasteiger partial charge in [0.05, 0.1) is 6.10 Å². The second kappa shape index (κ2) is 7.91. The molecule has 0 atom stereocenters. The fourth-order valence-electron chi connectivity index (χ4n) is 1.35. The van der Waals surface area contributed by atoms with Crippen LogP contribution in [-0.2, 0) is 9.53 Å².